The summed E-state index contributed by atoms with van der Waals surface area (Å²) in [6.07, 6.45) is -1.37. The number of primary amides is 1. The lowest BCUT2D eigenvalue weighted by molar-refractivity contribution is -0.134. The van der Waals surface area contributed by atoms with E-state index in [0.29, 0.717) is 11.1 Å². The van der Waals surface area contributed by atoms with E-state index >= 15 is 0 Å². The van der Waals surface area contributed by atoms with Crippen LogP contribution < -0.4 is 70.4 Å². The van der Waals surface area contributed by atoms with Crippen LogP contribution in [0.4, 0.5) is 0 Å². The molecule has 2 aromatic carbocycles. The largest absolute Gasteiger partial charge is 0.376 e. The Balaban J connectivity index is 1.79. The number of hydrogen-bond acceptors (Lipinski definition) is 15. The van der Waals surface area contributed by atoms with Gasteiger partial charge in [0, 0.05) is 56.3 Å². The summed E-state index contributed by atoms with van der Waals surface area (Å²) in [5, 5.41) is 66.1. The maximum atomic E-state index is 14.7. The molecule has 2 unspecified atom stereocenters. The molecule has 0 bridgehead atoms. The number of guanidine groups is 2. The van der Waals surface area contributed by atoms with Gasteiger partial charge in [-0.25, -0.2) is 8.42 Å². The van der Waals surface area contributed by atoms with E-state index in [9.17, 15) is 52.2 Å². The van der Waals surface area contributed by atoms with Crippen LogP contribution in [0.2, 0.25) is 0 Å². The minimum Gasteiger partial charge on any atom is -0.376 e. The summed E-state index contributed by atoms with van der Waals surface area (Å²) in [4.78, 5) is 99.9. The maximum Gasteiger partial charge on any atom is 0.243 e. The highest BCUT2D eigenvalue weighted by Crippen LogP contribution is 2.20. The zero-order valence-electron chi connectivity index (χ0n) is 43.3. The Hall–Kier alpha value is -7.40. The van der Waals surface area contributed by atoms with Gasteiger partial charge in [0.1, 0.15) is 40.4 Å². The van der Waals surface area contributed by atoms with E-state index in [4.69, 9.17) is 28.0 Å². The van der Waals surface area contributed by atoms with Gasteiger partial charge in [-0.3, -0.25) is 55.0 Å². The molecule has 7 amide bonds. The molecular weight excluding hydrogens is 1020 g/mol. The molecule has 424 valence electrons. The highest BCUT2D eigenvalue weighted by atomic mass is 32.2. The first-order valence-corrected chi connectivity index (χ1v) is 27.4. The van der Waals surface area contributed by atoms with Crippen LogP contribution in [-0.2, 0) is 56.2 Å². The topological polar surface area (TPSA) is 456 Å². The molecule has 0 radical (unpaired) electrons. The van der Waals surface area contributed by atoms with Gasteiger partial charge in [-0.1, -0.05) is 48.5 Å². The fourth-order valence-electron chi connectivity index (χ4n) is 8.59. The maximum absolute atomic E-state index is 14.7. The summed E-state index contributed by atoms with van der Waals surface area (Å²) in [6.45, 7) is 1.49. The molecule has 2 heterocycles. The van der Waals surface area contributed by atoms with E-state index in [2.05, 4.69) is 58.2 Å². The van der Waals surface area contributed by atoms with Gasteiger partial charge in [-0.05, 0) is 75.0 Å². The van der Waals surface area contributed by atoms with Crippen molar-refractivity contribution in [2.24, 2.45) is 17.2 Å². The molecule has 4 rings (SSSR count). The number of carbonyl (C=O) groups excluding carboxylic acids is 7. The fraction of sp³-hybridized carbons (Fsp3) is 0.531. The van der Waals surface area contributed by atoms with Crippen LogP contribution in [-0.4, -0.2) is 163 Å². The van der Waals surface area contributed by atoms with E-state index in [1.54, 1.807) is 42.6 Å². The number of H-pyrrole nitrogens is 1. The van der Waals surface area contributed by atoms with Gasteiger partial charge in [0.25, 0.3) is 0 Å². The van der Waals surface area contributed by atoms with Crippen LogP contribution in [0.3, 0.4) is 0 Å². The zero-order valence-corrected chi connectivity index (χ0v) is 44.1. The number of nitrogens with one attached hydrogen (secondary N) is 13. The molecule has 1 aromatic heterocycles. The van der Waals surface area contributed by atoms with E-state index in [1.807, 2.05) is 18.2 Å². The SMILES string of the molecule is CC(=O)N[C@@H](CCCNC(=N)N)C(O)N[C@H]1CC(=O)NCCCC[C@@H](C(N)=O)NC(=O)[C@H](Cc2c[nH]c3ccccc23)NC(=O)[C@H](CCCNC(=N)N)NC(=O)[C@@H](Cc2ccccc2)NC(O)[C@H](CCS(C)(=O)=O)NC1=O. The lowest BCUT2D eigenvalue weighted by Crippen LogP contribution is -2.62. The van der Waals surface area contributed by atoms with Crippen LogP contribution in [0.1, 0.15) is 75.8 Å². The number of carbonyl (C=O) groups is 7. The first-order chi connectivity index (χ1) is 36.5. The van der Waals surface area contributed by atoms with Gasteiger partial charge >= 0.3 is 0 Å². The highest BCUT2D eigenvalue weighted by Gasteiger charge is 2.36. The number of rotatable bonds is 20. The number of aromatic nitrogens is 1. The predicted molar refractivity (Wildman–Crippen MR) is 287 cm³/mol. The van der Waals surface area contributed by atoms with Crippen molar-refractivity contribution in [1.82, 2.24) is 58.2 Å². The molecule has 0 saturated carbocycles. The molecule has 1 saturated heterocycles. The van der Waals surface area contributed by atoms with Crippen molar-refractivity contribution in [1.29, 1.82) is 10.8 Å². The standard InChI is InChI=1S/C49H76N16O11S/c1-28(66)59-34(17-10-21-56-48(51)52)42(69)65-39-26-40(67)55-20-9-8-16-33(41(50)68)60-46(73)38(25-30-27-58-32-15-7-6-14-31(30)32)64-43(70)35(18-11-22-57-49(53)54)61-45(72)37(24-29-12-4-3-5-13-29)63-44(71)36(62-47(39)74)19-23-77(2,75)76/h3-7,12-15,27,33-39,42,44,58,63,65,69,71H,8-11,16-26H2,1-2H3,(H2,50,68)(H,55,67)(H,59,66)(H,60,73)(H,61,72)(H,62,74)(H,64,70)(H4,51,52,56)(H4,53,54,57)/t33-,34-,35-,36-,37+,38-,39-,42?,44?/m0/s1. The molecule has 3 aromatic rings. The first-order valence-electron chi connectivity index (χ1n) is 25.3. The number of amides is 7. The smallest absolute Gasteiger partial charge is 0.243 e. The Bertz CT molecular complexity index is 2610. The molecular formula is C49H76N16O11S. The van der Waals surface area contributed by atoms with Crippen molar-refractivity contribution in [2.45, 2.75) is 132 Å². The van der Waals surface area contributed by atoms with Crippen LogP contribution in [0.5, 0.6) is 0 Å². The third-order valence-electron chi connectivity index (χ3n) is 12.6. The normalized spacial score (nSPS) is 22.6. The molecule has 1 fully saturated rings. The van der Waals surface area contributed by atoms with Crippen molar-refractivity contribution in [2.75, 3.05) is 31.6 Å². The van der Waals surface area contributed by atoms with Gasteiger partial charge < -0.3 is 74.9 Å². The van der Waals surface area contributed by atoms with Crippen molar-refractivity contribution < 1.29 is 52.2 Å². The number of fused-ring (bicyclic) bond motifs is 1. The number of benzene rings is 2. The summed E-state index contributed by atoms with van der Waals surface area (Å²) >= 11 is 0. The molecule has 27 nitrogen and oxygen atoms in total. The van der Waals surface area contributed by atoms with Crippen LogP contribution in [0, 0.1) is 10.8 Å². The molecule has 9 atom stereocenters. The predicted octanol–water partition coefficient (Wildman–Crippen LogP) is -3.91. The molecule has 21 N–H and O–H groups in total. The van der Waals surface area contributed by atoms with Gasteiger partial charge in [-0.15, -0.1) is 0 Å². The second-order valence-corrected chi connectivity index (χ2v) is 21.3. The zero-order chi connectivity index (χ0) is 56.7. The molecule has 28 heteroatoms. The lowest BCUT2D eigenvalue weighted by Gasteiger charge is -2.32. The summed E-state index contributed by atoms with van der Waals surface area (Å²) in [7, 11) is -3.77. The van der Waals surface area contributed by atoms with Crippen molar-refractivity contribution in [3.05, 3.63) is 71.9 Å². The highest BCUT2D eigenvalue weighted by molar-refractivity contribution is 7.90. The minimum absolute atomic E-state index is 0.00115. The average Bonchev–Trinajstić information content (AvgIpc) is 3.77. The number of sulfone groups is 1. The van der Waals surface area contributed by atoms with Gasteiger partial charge in [0.15, 0.2) is 11.9 Å². The van der Waals surface area contributed by atoms with Crippen LogP contribution in [0.15, 0.2) is 60.8 Å². The molecule has 0 spiro atoms. The lowest BCUT2D eigenvalue weighted by atomic mass is 10.0. The van der Waals surface area contributed by atoms with Gasteiger partial charge in [0.05, 0.1) is 36.3 Å². The Morgan fingerprint density at radius 3 is 2.09 bits per heavy atom. The van der Waals surface area contributed by atoms with E-state index < -0.39 is 125 Å². The Kier molecular flexibility index (Phi) is 25.0. The van der Waals surface area contributed by atoms with Crippen LogP contribution in [0.25, 0.3) is 10.9 Å². The number of nitrogens with two attached hydrogens (primary N) is 3. The minimum atomic E-state index is -3.77. The second kappa shape index (κ2) is 31.0. The van der Waals surface area contributed by atoms with Crippen LogP contribution >= 0.6 is 0 Å². The fourth-order valence-corrected chi connectivity index (χ4v) is 9.27. The third kappa shape index (κ3) is 22.4. The molecule has 1 aliphatic heterocycles. The molecule has 0 aliphatic carbocycles. The Labute approximate surface area is 446 Å². The van der Waals surface area contributed by atoms with E-state index in [0.717, 1.165) is 17.2 Å². The molecule has 77 heavy (non-hydrogen) atoms. The number of aromatic amines is 1. The first kappa shape index (κ1) is 62.1. The second-order valence-electron chi connectivity index (χ2n) is 19.0. The van der Waals surface area contributed by atoms with Crippen molar-refractivity contribution >= 4 is 74.0 Å². The van der Waals surface area contributed by atoms with E-state index in [1.165, 1.54) is 6.92 Å². The number of hydrogen-bond donors (Lipinski definition) is 18. The third-order valence-corrected chi connectivity index (χ3v) is 13.6. The summed E-state index contributed by atoms with van der Waals surface area (Å²) in [5.74, 6) is -6.82. The Morgan fingerprint density at radius 1 is 0.792 bits per heavy atom. The monoisotopic (exact) mass is 1100 g/mol. The van der Waals surface area contributed by atoms with Crippen molar-refractivity contribution in [3.63, 3.8) is 0 Å². The average molecular weight is 1100 g/mol. The van der Waals surface area contributed by atoms with E-state index in [-0.39, 0.29) is 89.3 Å². The number of aliphatic hydroxyl groups excluding tert-OH is 2. The summed E-state index contributed by atoms with van der Waals surface area (Å²) in [5.41, 5.74) is 18.7. The number of para-hydroxylation sites is 1. The quantitative estimate of drug-likeness (QED) is 0.0222. The number of aliphatic hydroxyl groups is 2. The molecule has 1 aliphatic rings. The summed E-state index contributed by atoms with van der Waals surface area (Å²) in [6, 6.07) is 6.22. The van der Waals surface area contributed by atoms with Gasteiger partial charge in [-0.2, -0.15) is 0 Å². The van der Waals surface area contributed by atoms with Crippen molar-refractivity contribution in [3.8, 4) is 0 Å². The Morgan fingerprint density at radius 2 is 1.43 bits per heavy atom. The summed E-state index contributed by atoms with van der Waals surface area (Å²) < 4.78 is 25.2. The van der Waals surface area contributed by atoms with Gasteiger partial charge in [0.2, 0.25) is 41.4 Å².